The molecule has 1 aliphatic heterocycles. The summed E-state index contributed by atoms with van der Waals surface area (Å²) in [6.07, 6.45) is 0. The number of nitrogens with two attached hydrogens (primary N) is 1. The van der Waals surface area contributed by atoms with Crippen molar-refractivity contribution in [1.29, 1.82) is 5.41 Å². The standard InChI is InChI=1S/C4H7N3OS/c5-4(6)3-1-9-2-7(3)8/h1,8H,2H2,(H3,5,6). The van der Waals surface area contributed by atoms with E-state index in [2.05, 4.69) is 0 Å². The Morgan fingerprint density at radius 1 is 2.00 bits per heavy atom. The predicted octanol–water partition coefficient (Wildman–Crippen LogP) is 0.159. The highest BCUT2D eigenvalue weighted by Gasteiger charge is 2.14. The summed E-state index contributed by atoms with van der Waals surface area (Å²) in [4.78, 5) is 0. The second-order valence-electron chi connectivity index (χ2n) is 1.61. The first-order valence-corrected chi connectivity index (χ1v) is 3.39. The zero-order valence-electron chi connectivity index (χ0n) is 4.66. The van der Waals surface area contributed by atoms with Crippen molar-refractivity contribution in [1.82, 2.24) is 5.06 Å². The average Bonchev–Trinajstić information content (AvgIpc) is 2.13. The molecule has 9 heavy (non-hydrogen) atoms. The van der Waals surface area contributed by atoms with Crippen LogP contribution in [0.2, 0.25) is 0 Å². The fraction of sp³-hybridized carbons (Fsp3) is 0.250. The van der Waals surface area contributed by atoms with Gasteiger partial charge in [-0.2, -0.15) is 0 Å². The highest BCUT2D eigenvalue weighted by Crippen LogP contribution is 2.19. The summed E-state index contributed by atoms with van der Waals surface area (Å²) in [6, 6.07) is 0. The van der Waals surface area contributed by atoms with Crippen molar-refractivity contribution < 1.29 is 5.21 Å². The van der Waals surface area contributed by atoms with E-state index in [1.807, 2.05) is 0 Å². The molecule has 0 radical (unpaired) electrons. The van der Waals surface area contributed by atoms with E-state index < -0.39 is 0 Å². The summed E-state index contributed by atoms with van der Waals surface area (Å²) in [5.41, 5.74) is 5.48. The van der Waals surface area contributed by atoms with Crippen molar-refractivity contribution in [3.05, 3.63) is 11.1 Å². The van der Waals surface area contributed by atoms with E-state index in [-0.39, 0.29) is 5.84 Å². The summed E-state index contributed by atoms with van der Waals surface area (Å²) in [5.74, 6) is 0.372. The van der Waals surface area contributed by atoms with Crippen LogP contribution in [0.15, 0.2) is 11.1 Å². The van der Waals surface area contributed by atoms with Gasteiger partial charge < -0.3 is 5.73 Å². The smallest absolute Gasteiger partial charge is 0.142 e. The number of nitrogens with zero attached hydrogens (tertiary/aromatic N) is 1. The minimum atomic E-state index is -0.0949. The molecule has 1 heterocycles. The normalized spacial score (nSPS) is 17.9. The Bertz CT molecular complexity index is 167. The van der Waals surface area contributed by atoms with Crippen molar-refractivity contribution in [3.8, 4) is 0 Å². The van der Waals surface area contributed by atoms with Crippen LogP contribution in [-0.2, 0) is 0 Å². The second kappa shape index (κ2) is 2.28. The Morgan fingerprint density at radius 3 is 2.89 bits per heavy atom. The van der Waals surface area contributed by atoms with Crippen LogP contribution in [0.3, 0.4) is 0 Å². The molecule has 0 saturated heterocycles. The van der Waals surface area contributed by atoms with Gasteiger partial charge in [0.25, 0.3) is 0 Å². The van der Waals surface area contributed by atoms with Gasteiger partial charge in [0, 0.05) is 5.41 Å². The molecule has 0 amide bonds. The van der Waals surface area contributed by atoms with Gasteiger partial charge in [-0.1, -0.05) is 0 Å². The van der Waals surface area contributed by atoms with Crippen LogP contribution in [0.5, 0.6) is 0 Å². The molecule has 0 spiro atoms. The Balaban J connectivity index is 2.68. The molecule has 0 saturated carbocycles. The lowest BCUT2D eigenvalue weighted by atomic mass is 10.4. The summed E-state index contributed by atoms with van der Waals surface area (Å²) in [7, 11) is 0. The lowest BCUT2D eigenvalue weighted by Gasteiger charge is -2.09. The van der Waals surface area contributed by atoms with E-state index in [0.29, 0.717) is 11.6 Å². The molecule has 0 fully saturated rings. The molecule has 0 bridgehead atoms. The second-order valence-corrected chi connectivity index (χ2v) is 2.44. The minimum Gasteiger partial charge on any atom is -0.382 e. The molecule has 0 unspecified atom stereocenters. The first-order valence-electron chi connectivity index (χ1n) is 2.34. The third kappa shape index (κ3) is 1.17. The number of hydrogen-bond acceptors (Lipinski definition) is 4. The van der Waals surface area contributed by atoms with E-state index in [1.165, 1.54) is 11.8 Å². The van der Waals surface area contributed by atoms with Crippen molar-refractivity contribution in [3.63, 3.8) is 0 Å². The number of hydroxylamine groups is 2. The molecule has 1 aliphatic rings. The predicted molar refractivity (Wildman–Crippen MR) is 36.1 cm³/mol. The van der Waals surface area contributed by atoms with Crippen molar-refractivity contribution in [2.75, 3.05) is 5.88 Å². The topological polar surface area (TPSA) is 73.3 Å². The lowest BCUT2D eigenvalue weighted by molar-refractivity contribution is -0.0254. The zero-order valence-corrected chi connectivity index (χ0v) is 5.48. The van der Waals surface area contributed by atoms with Crippen LogP contribution in [0.25, 0.3) is 0 Å². The number of amidine groups is 1. The summed E-state index contributed by atoms with van der Waals surface area (Å²) >= 11 is 1.41. The molecule has 0 aliphatic carbocycles. The first-order chi connectivity index (χ1) is 4.22. The van der Waals surface area contributed by atoms with E-state index in [9.17, 15) is 0 Å². The molecule has 0 aromatic rings. The molecule has 0 aromatic heterocycles. The van der Waals surface area contributed by atoms with Crippen molar-refractivity contribution >= 4 is 17.6 Å². The van der Waals surface area contributed by atoms with Gasteiger partial charge in [0.1, 0.15) is 11.5 Å². The maximum Gasteiger partial charge on any atom is 0.142 e. The van der Waals surface area contributed by atoms with Crippen LogP contribution in [0.1, 0.15) is 0 Å². The van der Waals surface area contributed by atoms with E-state index in [1.54, 1.807) is 5.41 Å². The number of rotatable bonds is 1. The summed E-state index contributed by atoms with van der Waals surface area (Å²) in [5, 5.41) is 18.4. The molecular formula is C4H7N3OS. The molecule has 4 N–H and O–H groups in total. The van der Waals surface area contributed by atoms with Gasteiger partial charge in [-0.15, -0.1) is 11.8 Å². The minimum absolute atomic E-state index is 0.0949. The maximum atomic E-state index is 8.88. The third-order valence-electron chi connectivity index (χ3n) is 0.946. The van der Waals surface area contributed by atoms with Gasteiger partial charge in [-0.3, -0.25) is 10.6 Å². The van der Waals surface area contributed by atoms with Crippen molar-refractivity contribution in [2.24, 2.45) is 5.73 Å². The summed E-state index contributed by atoms with van der Waals surface area (Å²) in [6.45, 7) is 0. The molecule has 1 rings (SSSR count). The van der Waals surface area contributed by atoms with E-state index >= 15 is 0 Å². The van der Waals surface area contributed by atoms with Crippen LogP contribution in [0, 0.1) is 5.41 Å². The monoisotopic (exact) mass is 145 g/mol. The van der Waals surface area contributed by atoms with Gasteiger partial charge in [-0.25, -0.2) is 5.06 Å². The van der Waals surface area contributed by atoms with Crippen LogP contribution >= 0.6 is 11.8 Å². The fourth-order valence-corrected chi connectivity index (χ4v) is 1.28. The largest absolute Gasteiger partial charge is 0.382 e. The van der Waals surface area contributed by atoms with Gasteiger partial charge in [0.2, 0.25) is 0 Å². The fourth-order valence-electron chi connectivity index (χ4n) is 0.520. The highest BCUT2D eigenvalue weighted by atomic mass is 32.2. The molecule has 50 valence electrons. The molecule has 0 aromatic carbocycles. The number of hydrogen-bond donors (Lipinski definition) is 3. The van der Waals surface area contributed by atoms with E-state index in [0.717, 1.165) is 5.06 Å². The Hall–Kier alpha value is -0.680. The molecular weight excluding hydrogens is 138 g/mol. The first kappa shape index (κ1) is 6.44. The van der Waals surface area contributed by atoms with Gasteiger partial charge >= 0.3 is 0 Å². The van der Waals surface area contributed by atoms with Crippen LogP contribution in [-0.4, -0.2) is 22.0 Å². The highest BCUT2D eigenvalue weighted by molar-refractivity contribution is 8.02. The number of thioether (sulfide) groups is 1. The quantitative estimate of drug-likeness (QED) is 0.363. The van der Waals surface area contributed by atoms with Crippen LogP contribution in [0.4, 0.5) is 0 Å². The van der Waals surface area contributed by atoms with Gasteiger partial charge in [0.05, 0.1) is 5.88 Å². The lowest BCUT2D eigenvalue weighted by Crippen LogP contribution is -2.24. The molecule has 5 heteroatoms. The Labute approximate surface area is 56.8 Å². The maximum absolute atomic E-state index is 8.88. The van der Waals surface area contributed by atoms with Crippen molar-refractivity contribution in [2.45, 2.75) is 0 Å². The van der Waals surface area contributed by atoms with Gasteiger partial charge in [0.15, 0.2) is 0 Å². The zero-order chi connectivity index (χ0) is 6.85. The molecule has 0 atom stereocenters. The Morgan fingerprint density at radius 2 is 2.67 bits per heavy atom. The molecule has 4 nitrogen and oxygen atoms in total. The average molecular weight is 145 g/mol. The van der Waals surface area contributed by atoms with E-state index in [4.69, 9.17) is 16.4 Å². The van der Waals surface area contributed by atoms with Crippen LogP contribution < -0.4 is 5.73 Å². The Kier molecular flexibility index (Phi) is 1.63. The summed E-state index contributed by atoms with van der Waals surface area (Å²) < 4.78 is 0. The SMILES string of the molecule is N=C(N)C1=CSCN1O. The number of nitrogens with one attached hydrogen (secondary N) is 1. The van der Waals surface area contributed by atoms with Gasteiger partial charge in [-0.05, 0) is 0 Å². The third-order valence-corrected chi connectivity index (χ3v) is 1.73.